The summed E-state index contributed by atoms with van der Waals surface area (Å²) in [7, 11) is 1.68. The van der Waals surface area contributed by atoms with Gasteiger partial charge < -0.3 is 25.0 Å². The summed E-state index contributed by atoms with van der Waals surface area (Å²) in [6.07, 6.45) is 3.62. The van der Waals surface area contributed by atoms with E-state index in [4.69, 9.17) is 4.74 Å². The predicted molar refractivity (Wildman–Crippen MR) is 123 cm³/mol. The van der Waals surface area contributed by atoms with Crippen molar-refractivity contribution in [3.63, 3.8) is 0 Å². The second-order valence-electron chi connectivity index (χ2n) is 11.5. The van der Waals surface area contributed by atoms with Crippen LogP contribution in [0.4, 0.5) is 4.79 Å². The fourth-order valence-corrected chi connectivity index (χ4v) is 6.76. The van der Waals surface area contributed by atoms with Gasteiger partial charge in [-0.2, -0.15) is 0 Å². The van der Waals surface area contributed by atoms with Crippen molar-refractivity contribution in [3.05, 3.63) is 23.3 Å². The van der Waals surface area contributed by atoms with E-state index in [2.05, 4.69) is 6.92 Å². The molecule has 4 rings (SSSR count). The Morgan fingerprint density at radius 1 is 1.24 bits per heavy atom. The minimum Gasteiger partial charge on any atom is -0.438 e. The van der Waals surface area contributed by atoms with Crippen LogP contribution in [0.2, 0.25) is 0 Å². The van der Waals surface area contributed by atoms with Crippen LogP contribution in [-0.2, 0) is 9.53 Å². The molecular weight excluding hydrogens is 422 g/mol. The lowest BCUT2D eigenvalue weighted by molar-refractivity contribution is -0.191. The first-order chi connectivity index (χ1) is 15.3. The van der Waals surface area contributed by atoms with Crippen LogP contribution in [-0.4, -0.2) is 69.6 Å². The minimum absolute atomic E-state index is 0.100. The highest BCUT2D eigenvalue weighted by Crippen LogP contribution is 2.62. The van der Waals surface area contributed by atoms with Gasteiger partial charge in [0.15, 0.2) is 17.5 Å². The van der Waals surface area contributed by atoms with E-state index in [0.29, 0.717) is 12.0 Å². The SMILES string of the molecule is CC1=C[C@]23C(=O)[C@@H](C=C(CO)[C@@H](O)[C@]2(O)[C@H]1OC(=O)N(C)C1CCC1)C(C)(C)[C@@H](C)C[C@H]3C. The van der Waals surface area contributed by atoms with Crippen LogP contribution in [0.1, 0.15) is 60.3 Å². The van der Waals surface area contributed by atoms with Gasteiger partial charge in [-0.15, -0.1) is 0 Å². The lowest BCUT2D eigenvalue weighted by Gasteiger charge is -2.48. The fourth-order valence-electron chi connectivity index (χ4n) is 6.76. The number of aliphatic hydroxyl groups is 3. The molecule has 3 N–H and O–H groups in total. The molecule has 1 spiro atoms. The highest BCUT2D eigenvalue weighted by atomic mass is 16.6. The number of amides is 1. The minimum atomic E-state index is -2.10. The largest absolute Gasteiger partial charge is 0.438 e. The number of nitrogens with zero attached hydrogens (tertiary/aromatic N) is 1. The van der Waals surface area contributed by atoms with Crippen molar-refractivity contribution >= 4 is 11.9 Å². The van der Waals surface area contributed by atoms with Crippen LogP contribution >= 0.6 is 0 Å². The van der Waals surface area contributed by atoms with Crippen molar-refractivity contribution in [2.45, 2.75) is 84.2 Å². The van der Waals surface area contributed by atoms with Crippen LogP contribution in [0.3, 0.4) is 0 Å². The monoisotopic (exact) mass is 461 g/mol. The van der Waals surface area contributed by atoms with Crippen LogP contribution in [0.5, 0.6) is 0 Å². The molecule has 0 unspecified atom stereocenters. The summed E-state index contributed by atoms with van der Waals surface area (Å²) in [6.45, 7) is 9.35. The summed E-state index contributed by atoms with van der Waals surface area (Å²) in [6, 6.07) is 0.100. The molecule has 1 amide bonds. The Morgan fingerprint density at radius 3 is 2.42 bits per heavy atom. The van der Waals surface area contributed by atoms with E-state index in [1.54, 1.807) is 31.0 Å². The number of ether oxygens (including phenoxy) is 1. The average Bonchev–Trinajstić information content (AvgIpc) is 2.88. The molecule has 0 aromatic rings. The maximum absolute atomic E-state index is 14.3. The Bertz CT molecular complexity index is 904. The zero-order valence-electron chi connectivity index (χ0n) is 20.7. The van der Waals surface area contributed by atoms with Gasteiger partial charge >= 0.3 is 6.09 Å². The molecule has 2 fully saturated rings. The molecule has 7 atom stereocenters. The van der Waals surface area contributed by atoms with E-state index in [9.17, 15) is 24.9 Å². The molecule has 2 bridgehead atoms. The van der Waals surface area contributed by atoms with Gasteiger partial charge in [0.2, 0.25) is 0 Å². The molecule has 0 aliphatic heterocycles. The average molecular weight is 462 g/mol. The third kappa shape index (κ3) is 3.11. The lowest BCUT2D eigenvalue weighted by atomic mass is 9.59. The molecule has 7 heteroatoms. The zero-order chi connectivity index (χ0) is 24.5. The van der Waals surface area contributed by atoms with Gasteiger partial charge in [-0.05, 0) is 61.0 Å². The maximum atomic E-state index is 14.3. The molecule has 33 heavy (non-hydrogen) atoms. The van der Waals surface area contributed by atoms with E-state index < -0.39 is 47.3 Å². The summed E-state index contributed by atoms with van der Waals surface area (Å²) in [4.78, 5) is 28.9. The molecule has 184 valence electrons. The van der Waals surface area contributed by atoms with Crippen molar-refractivity contribution in [1.29, 1.82) is 0 Å². The van der Waals surface area contributed by atoms with Gasteiger partial charge in [-0.25, -0.2) is 4.79 Å². The van der Waals surface area contributed by atoms with E-state index >= 15 is 0 Å². The first kappa shape index (κ1) is 24.4. The third-order valence-electron chi connectivity index (χ3n) is 9.64. The molecule has 7 nitrogen and oxygen atoms in total. The van der Waals surface area contributed by atoms with E-state index in [0.717, 1.165) is 19.3 Å². The van der Waals surface area contributed by atoms with E-state index in [1.807, 2.05) is 20.8 Å². The Morgan fingerprint density at radius 2 is 1.88 bits per heavy atom. The second-order valence-corrected chi connectivity index (χ2v) is 11.5. The summed E-state index contributed by atoms with van der Waals surface area (Å²) < 4.78 is 5.88. The van der Waals surface area contributed by atoms with Crippen molar-refractivity contribution in [3.8, 4) is 0 Å². The Kier molecular flexibility index (Phi) is 5.86. The first-order valence-electron chi connectivity index (χ1n) is 12.2. The van der Waals surface area contributed by atoms with Crippen LogP contribution in [0, 0.1) is 28.6 Å². The number of fused-ring (bicyclic) bond motifs is 1. The van der Waals surface area contributed by atoms with Crippen molar-refractivity contribution in [2.24, 2.45) is 28.6 Å². The highest BCUT2D eigenvalue weighted by Gasteiger charge is 2.73. The standard InChI is InChI=1S/C26H39NO6/c1-14-12-25-16(3)10-15(2)24(4,5)19(21(25)30)11-17(13-28)20(29)26(25,32)22(14)33-23(31)27(6)18-8-7-9-18/h11-12,15-16,18-20,22,28-29,32H,7-10,13H2,1-6H3/t15-,16+,19+,20+,22-,25-,26-/m0/s1. The zero-order valence-corrected chi connectivity index (χ0v) is 20.7. The number of carbonyl (C=O) groups is 2. The number of carbonyl (C=O) groups excluding carboxylic acids is 2. The number of aliphatic hydroxyl groups excluding tert-OH is 2. The number of rotatable bonds is 3. The molecule has 0 aromatic carbocycles. The third-order valence-corrected chi connectivity index (χ3v) is 9.64. The predicted octanol–water partition coefficient (Wildman–Crippen LogP) is 2.83. The van der Waals surface area contributed by atoms with Crippen molar-refractivity contribution < 1.29 is 29.6 Å². The lowest BCUT2D eigenvalue weighted by Crippen LogP contribution is -2.66. The molecule has 2 saturated carbocycles. The molecule has 0 radical (unpaired) electrons. The van der Waals surface area contributed by atoms with Gasteiger partial charge in [-0.3, -0.25) is 4.79 Å². The van der Waals surface area contributed by atoms with Gasteiger partial charge in [0.05, 0.1) is 12.0 Å². The molecule has 0 heterocycles. The number of allylic oxidation sites excluding steroid dienone is 1. The topological polar surface area (TPSA) is 107 Å². The molecular formula is C26H39NO6. The Balaban J connectivity index is 1.85. The van der Waals surface area contributed by atoms with Crippen molar-refractivity contribution in [2.75, 3.05) is 13.7 Å². The van der Waals surface area contributed by atoms with Gasteiger partial charge in [0.1, 0.15) is 6.10 Å². The summed E-state index contributed by atoms with van der Waals surface area (Å²) in [5.74, 6) is -0.936. The number of Topliss-reactive ketones (excluding diaryl/α,β-unsaturated/α-hetero) is 1. The van der Waals surface area contributed by atoms with Crippen molar-refractivity contribution in [1.82, 2.24) is 4.90 Å². The van der Waals surface area contributed by atoms with E-state index in [1.165, 1.54) is 0 Å². The van der Waals surface area contributed by atoms with Gasteiger partial charge in [-0.1, -0.05) is 39.8 Å². The Labute approximate surface area is 196 Å². The maximum Gasteiger partial charge on any atom is 0.410 e. The molecule has 4 aliphatic rings. The Hall–Kier alpha value is -1.70. The number of ketones is 1. The highest BCUT2D eigenvalue weighted by molar-refractivity contribution is 5.95. The first-order valence-corrected chi connectivity index (χ1v) is 12.2. The summed E-state index contributed by atoms with van der Waals surface area (Å²) >= 11 is 0. The van der Waals surface area contributed by atoms with Gasteiger partial charge in [0, 0.05) is 19.0 Å². The van der Waals surface area contributed by atoms with E-state index in [-0.39, 0.29) is 29.2 Å². The van der Waals surface area contributed by atoms with Crippen LogP contribution < -0.4 is 0 Å². The second kappa shape index (κ2) is 7.92. The summed E-state index contributed by atoms with van der Waals surface area (Å²) in [5.41, 5.74) is -3.23. The molecule has 4 aliphatic carbocycles. The number of hydrogen-bond acceptors (Lipinski definition) is 6. The molecule has 0 saturated heterocycles. The smallest absolute Gasteiger partial charge is 0.410 e. The van der Waals surface area contributed by atoms with Gasteiger partial charge in [0.25, 0.3) is 0 Å². The number of hydrogen-bond donors (Lipinski definition) is 3. The fraction of sp³-hybridized carbons (Fsp3) is 0.769. The van der Waals surface area contributed by atoms with Crippen LogP contribution in [0.15, 0.2) is 23.3 Å². The normalized spacial score (nSPS) is 42.3. The molecule has 0 aromatic heterocycles. The quantitative estimate of drug-likeness (QED) is 0.558. The summed E-state index contributed by atoms with van der Waals surface area (Å²) in [5, 5.41) is 34.1. The van der Waals surface area contributed by atoms with Crippen LogP contribution in [0.25, 0.3) is 0 Å².